The molecule has 0 spiro atoms. The first-order valence-electron chi connectivity index (χ1n) is 9.95. The minimum atomic E-state index is 0.610. The van der Waals surface area contributed by atoms with Crippen molar-refractivity contribution in [1.29, 1.82) is 5.26 Å². The van der Waals surface area contributed by atoms with Crippen molar-refractivity contribution >= 4 is 17.0 Å². The van der Waals surface area contributed by atoms with Gasteiger partial charge in [0, 0.05) is 49.8 Å². The Balaban J connectivity index is 1.43. The molecule has 7 nitrogen and oxygen atoms in total. The van der Waals surface area contributed by atoms with Gasteiger partial charge >= 0.3 is 0 Å². The van der Waals surface area contributed by atoms with Crippen molar-refractivity contribution in [1.82, 2.24) is 24.4 Å². The molecule has 7 heteroatoms. The fourth-order valence-corrected chi connectivity index (χ4v) is 3.76. The van der Waals surface area contributed by atoms with Crippen molar-refractivity contribution in [2.75, 3.05) is 38.1 Å². The molecule has 5 rings (SSSR count). The molecule has 3 heterocycles. The lowest BCUT2D eigenvalue weighted by atomic mass is 10.1. The average molecular weight is 395 g/mol. The monoisotopic (exact) mass is 395 g/mol. The molecule has 0 atom stereocenters. The Morgan fingerprint density at radius 2 is 1.70 bits per heavy atom. The molecule has 1 aliphatic rings. The Morgan fingerprint density at radius 3 is 2.47 bits per heavy atom. The van der Waals surface area contributed by atoms with Crippen LogP contribution in [0.4, 0.5) is 5.95 Å². The highest BCUT2D eigenvalue weighted by atomic mass is 15.3. The van der Waals surface area contributed by atoms with Gasteiger partial charge in [-0.15, -0.1) is 0 Å². The van der Waals surface area contributed by atoms with E-state index in [-0.39, 0.29) is 0 Å². The van der Waals surface area contributed by atoms with E-state index in [2.05, 4.69) is 50.0 Å². The van der Waals surface area contributed by atoms with Crippen LogP contribution in [0.2, 0.25) is 0 Å². The first kappa shape index (κ1) is 18.3. The molecule has 1 aliphatic heterocycles. The third-order valence-electron chi connectivity index (χ3n) is 5.56. The number of anilines is 1. The van der Waals surface area contributed by atoms with Gasteiger partial charge in [0.2, 0.25) is 5.95 Å². The summed E-state index contributed by atoms with van der Waals surface area (Å²) >= 11 is 0. The molecular weight excluding hydrogens is 374 g/mol. The van der Waals surface area contributed by atoms with Gasteiger partial charge in [-0.3, -0.25) is 4.57 Å². The van der Waals surface area contributed by atoms with Gasteiger partial charge in [0.1, 0.15) is 6.33 Å². The fourth-order valence-electron chi connectivity index (χ4n) is 3.76. The number of likely N-dealkylation sites (N-methyl/N-ethyl adjacent to an activating group) is 1. The smallest absolute Gasteiger partial charge is 0.225 e. The predicted molar refractivity (Wildman–Crippen MR) is 117 cm³/mol. The van der Waals surface area contributed by atoms with E-state index in [1.165, 1.54) is 0 Å². The Hall–Kier alpha value is -3.76. The first-order chi connectivity index (χ1) is 14.7. The lowest BCUT2D eigenvalue weighted by molar-refractivity contribution is 0.311. The van der Waals surface area contributed by atoms with Crippen molar-refractivity contribution < 1.29 is 0 Å². The van der Waals surface area contributed by atoms with E-state index in [4.69, 9.17) is 5.26 Å². The summed E-state index contributed by atoms with van der Waals surface area (Å²) in [6, 6.07) is 15.9. The summed E-state index contributed by atoms with van der Waals surface area (Å²) in [5.41, 5.74) is 5.41. The Bertz CT molecular complexity index is 1230. The quantitative estimate of drug-likeness (QED) is 0.531. The zero-order chi connectivity index (χ0) is 20.5. The molecule has 2 aromatic heterocycles. The lowest BCUT2D eigenvalue weighted by Gasteiger charge is -2.32. The van der Waals surface area contributed by atoms with E-state index in [1.807, 2.05) is 41.2 Å². The third-order valence-corrected chi connectivity index (χ3v) is 5.56. The van der Waals surface area contributed by atoms with Crippen molar-refractivity contribution in [3.8, 4) is 22.9 Å². The summed E-state index contributed by atoms with van der Waals surface area (Å²) in [4.78, 5) is 18.2. The van der Waals surface area contributed by atoms with E-state index >= 15 is 0 Å². The van der Waals surface area contributed by atoms with Crippen LogP contribution < -0.4 is 4.90 Å². The van der Waals surface area contributed by atoms with E-state index in [0.717, 1.165) is 60.0 Å². The van der Waals surface area contributed by atoms with Crippen LogP contribution in [0.3, 0.4) is 0 Å². The topological polar surface area (TPSA) is 73.9 Å². The van der Waals surface area contributed by atoms with Gasteiger partial charge in [-0.25, -0.2) is 15.0 Å². The number of benzene rings is 2. The number of fused-ring (bicyclic) bond motifs is 1. The zero-order valence-corrected chi connectivity index (χ0v) is 16.7. The number of nitrogens with zero attached hydrogens (tertiary/aromatic N) is 7. The van der Waals surface area contributed by atoms with Gasteiger partial charge in [0.05, 0.1) is 22.7 Å². The highest BCUT2D eigenvalue weighted by molar-refractivity contribution is 5.79. The predicted octanol–water partition coefficient (Wildman–Crippen LogP) is 3.11. The molecule has 1 saturated heterocycles. The van der Waals surface area contributed by atoms with Gasteiger partial charge in [-0.2, -0.15) is 5.26 Å². The Kier molecular flexibility index (Phi) is 4.62. The second kappa shape index (κ2) is 7.58. The second-order valence-electron chi connectivity index (χ2n) is 7.54. The molecule has 4 aromatic rings. The molecule has 1 fully saturated rings. The molecule has 0 saturated carbocycles. The number of hydrogen-bond donors (Lipinski definition) is 0. The van der Waals surface area contributed by atoms with Crippen molar-refractivity contribution in [3.63, 3.8) is 0 Å². The highest BCUT2D eigenvalue weighted by Gasteiger charge is 2.16. The highest BCUT2D eigenvalue weighted by Crippen LogP contribution is 2.25. The van der Waals surface area contributed by atoms with E-state index in [0.29, 0.717) is 5.56 Å². The summed E-state index contributed by atoms with van der Waals surface area (Å²) in [6.07, 6.45) is 5.58. The van der Waals surface area contributed by atoms with Crippen LogP contribution in [0.1, 0.15) is 5.56 Å². The molecule has 0 amide bonds. The number of imidazole rings is 1. The molecule has 0 radical (unpaired) electrons. The summed E-state index contributed by atoms with van der Waals surface area (Å²) in [5.74, 6) is 0.789. The van der Waals surface area contributed by atoms with E-state index in [9.17, 15) is 0 Å². The largest absolute Gasteiger partial charge is 0.338 e. The average Bonchev–Trinajstić information content (AvgIpc) is 3.23. The minimum Gasteiger partial charge on any atom is -0.338 e. The molecule has 30 heavy (non-hydrogen) atoms. The summed E-state index contributed by atoms with van der Waals surface area (Å²) in [7, 11) is 2.14. The number of hydrogen-bond acceptors (Lipinski definition) is 6. The summed E-state index contributed by atoms with van der Waals surface area (Å²) < 4.78 is 2.03. The maximum absolute atomic E-state index is 9.10. The van der Waals surface area contributed by atoms with Gasteiger partial charge in [-0.1, -0.05) is 12.1 Å². The van der Waals surface area contributed by atoms with Crippen molar-refractivity contribution in [2.45, 2.75) is 0 Å². The molecule has 0 aliphatic carbocycles. The van der Waals surface area contributed by atoms with Crippen molar-refractivity contribution in [2.24, 2.45) is 0 Å². The zero-order valence-electron chi connectivity index (χ0n) is 16.7. The molecule has 0 N–H and O–H groups in total. The molecule has 0 unspecified atom stereocenters. The fraction of sp³-hybridized carbons (Fsp3) is 0.217. The maximum atomic E-state index is 9.10. The molecule has 2 aromatic carbocycles. The van der Waals surface area contributed by atoms with Crippen LogP contribution in [0.15, 0.2) is 61.2 Å². The lowest BCUT2D eigenvalue weighted by Crippen LogP contribution is -2.45. The number of piperazine rings is 1. The van der Waals surface area contributed by atoms with E-state index < -0.39 is 0 Å². The molecule has 148 valence electrons. The van der Waals surface area contributed by atoms with Crippen molar-refractivity contribution in [3.05, 3.63) is 66.7 Å². The third kappa shape index (κ3) is 3.38. The standard InChI is InChI=1S/C23H21N7/c1-28-7-9-29(10-8-28)23-25-14-19(15-26-23)18-3-2-4-20(12-18)30-16-27-21-11-17(13-24)5-6-22(21)30/h2-6,11-12,14-16H,7-10H2,1H3. The van der Waals surface area contributed by atoms with Gasteiger partial charge < -0.3 is 9.80 Å². The van der Waals surface area contributed by atoms with Crippen LogP contribution in [0, 0.1) is 11.3 Å². The molecular formula is C23H21N7. The van der Waals surface area contributed by atoms with Gasteiger partial charge in [0.25, 0.3) is 0 Å². The van der Waals surface area contributed by atoms with Crippen LogP contribution in [-0.4, -0.2) is 57.6 Å². The maximum Gasteiger partial charge on any atom is 0.225 e. The van der Waals surface area contributed by atoms with Crippen LogP contribution in [0.25, 0.3) is 27.8 Å². The minimum absolute atomic E-state index is 0.610. The van der Waals surface area contributed by atoms with Gasteiger partial charge in [0.15, 0.2) is 0 Å². The first-order valence-corrected chi connectivity index (χ1v) is 9.95. The normalized spacial score (nSPS) is 14.7. The van der Waals surface area contributed by atoms with E-state index in [1.54, 1.807) is 12.4 Å². The number of rotatable bonds is 3. The second-order valence-corrected chi connectivity index (χ2v) is 7.54. The summed E-state index contributed by atoms with van der Waals surface area (Å²) in [6.45, 7) is 3.96. The van der Waals surface area contributed by atoms with Gasteiger partial charge in [-0.05, 0) is 42.9 Å². The van der Waals surface area contributed by atoms with Crippen LogP contribution >= 0.6 is 0 Å². The molecule has 0 bridgehead atoms. The number of aromatic nitrogens is 4. The van der Waals surface area contributed by atoms with Crippen LogP contribution in [-0.2, 0) is 0 Å². The Labute approximate surface area is 174 Å². The SMILES string of the molecule is CN1CCN(c2ncc(-c3cccc(-n4cnc5cc(C#N)ccc54)c3)cn2)CC1. The number of nitriles is 1. The van der Waals surface area contributed by atoms with Crippen LogP contribution in [0.5, 0.6) is 0 Å². The Morgan fingerprint density at radius 1 is 0.900 bits per heavy atom. The summed E-state index contributed by atoms with van der Waals surface area (Å²) in [5, 5.41) is 9.10.